The number of hydrogen-bond donors (Lipinski definition) is 2. The molecule has 114 valence electrons. The molecule has 2 aliphatic carbocycles. The summed E-state index contributed by atoms with van der Waals surface area (Å²) < 4.78 is 5.16. The number of rotatable bonds is 3. The van der Waals surface area contributed by atoms with Crippen LogP contribution in [0.3, 0.4) is 0 Å². The number of alkyl carbamates (subject to hydrolysis) is 1. The van der Waals surface area contributed by atoms with Crippen LogP contribution in [0.4, 0.5) is 4.79 Å². The van der Waals surface area contributed by atoms with Crippen molar-refractivity contribution in [1.29, 1.82) is 0 Å². The zero-order valence-corrected chi connectivity index (χ0v) is 12.6. The SMILES string of the molecule is CC(C)(C)OC(=O)N[C@H](C(=O)O)C1CCCC2(CC2)C1. The summed E-state index contributed by atoms with van der Waals surface area (Å²) in [6, 6.07) is -0.831. The van der Waals surface area contributed by atoms with E-state index >= 15 is 0 Å². The van der Waals surface area contributed by atoms with Gasteiger partial charge in [0, 0.05) is 0 Å². The molecule has 2 rings (SSSR count). The molecule has 2 saturated carbocycles. The Hall–Kier alpha value is -1.26. The van der Waals surface area contributed by atoms with Crippen LogP contribution in [0.2, 0.25) is 0 Å². The Morgan fingerprint density at radius 3 is 2.45 bits per heavy atom. The summed E-state index contributed by atoms with van der Waals surface area (Å²) >= 11 is 0. The van der Waals surface area contributed by atoms with Crippen molar-refractivity contribution in [2.75, 3.05) is 0 Å². The topological polar surface area (TPSA) is 75.6 Å². The number of carboxylic acid groups (broad SMARTS) is 1. The van der Waals surface area contributed by atoms with Crippen molar-refractivity contribution in [2.45, 2.75) is 70.9 Å². The monoisotopic (exact) mass is 283 g/mol. The van der Waals surface area contributed by atoms with Gasteiger partial charge in [-0.1, -0.05) is 6.42 Å². The highest BCUT2D eigenvalue weighted by molar-refractivity contribution is 5.80. The van der Waals surface area contributed by atoms with Crippen LogP contribution in [0.1, 0.15) is 59.3 Å². The summed E-state index contributed by atoms with van der Waals surface area (Å²) in [6.07, 6.45) is 5.84. The quantitative estimate of drug-likeness (QED) is 0.835. The van der Waals surface area contributed by atoms with E-state index in [-0.39, 0.29) is 5.92 Å². The summed E-state index contributed by atoms with van der Waals surface area (Å²) in [5, 5.41) is 11.9. The third-order valence-corrected chi connectivity index (χ3v) is 4.34. The van der Waals surface area contributed by atoms with Crippen LogP contribution in [0, 0.1) is 11.3 Å². The molecule has 0 bridgehead atoms. The molecule has 2 aliphatic rings. The van der Waals surface area contributed by atoms with Crippen LogP contribution >= 0.6 is 0 Å². The van der Waals surface area contributed by atoms with Crippen molar-refractivity contribution < 1.29 is 19.4 Å². The molecule has 0 saturated heterocycles. The molecule has 2 fully saturated rings. The van der Waals surface area contributed by atoms with Crippen LogP contribution in [-0.2, 0) is 9.53 Å². The van der Waals surface area contributed by atoms with Crippen molar-refractivity contribution in [3.8, 4) is 0 Å². The summed E-state index contributed by atoms with van der Waals surface area (Å²) in [7, 11) is 0. The van der Waals surface area contributed by atoms with E-state index in [1.165, 1.54) is 19.3 Å². The normalized spacial score (nSPS) is 25.9. The predicted molar refractivity (Wildman–Crippen MR) is 74.4 cm³/mol. The fourth-order valence-corrected chi connectivity index (χ4v) is 3.23. The lowest BCUT2D eigenvalue weighted by Crippen LogP contribution is -2.49. The Balaban J connectivity index is 1.96. The highest BCUT2D eigenvalue weighted by Gasteiger charge is 2.48. The molecule has 20 heavy (non-hydrogen) atoms. The molecule has 0 radical (unpaired) electrons. The number of amides is 1. The van der Waals surface area contributed by atoms with E-state index in [9.17, 15) is 14.7 Å². The minimum Gasteiger partial charge on any atom is -0.480 e. The van der Waals surface area contributed by atoms with Gasteiger partial charge in [0.25, 0.3) is 0 Å². The number of carbonyl (C=O) groups is 2. The van der Waals surface area contributed by atoms with E-state index in [2.05, 4.69) is 5.32 Å². The Morgan fingerprint density at radius 2 is 1.95 bits per heavy atom. The molecule has 0 aliphatic heterocycles. The van der Waals surface area contributed by atoms with E-state index in [0.717, 1.165) is 19.3 Å². The summed E-state index contributed by atoms with van der Waals surface area (Å²) in [6.45, 7) is 5.30. The smallest absolute Gasteiger partial charge is 0.408 e. The third-order valence-electron chi connectivity index (χ3n) is 4.34. The van der Waals surface area contributed by atoms with E-state index in [1.54, 1.807) is 20.8 Å². The molecular formula is C15H25NO4. The molecular weight excluding hydrogens is 258 g/mol. The Kier molecular flexibility index (Phi) is 3.98. The molecule has 1 unspecified atom stereocenters. The molecule has 5 nitrogen and oxygen atoms in total. The molecule has 0 heterocycles. The van der Waals surface area contributed by atoms with Gasteiger partial charge in [0.05, 0.1) is 0 Å². The van der Waals surface area contributed by atoms with Crippen molar-refractivity contribution in [3.05, 3.63) is 0 Å². The van der Waals surface area contributed by atoms with Gasteiger partial charge in [-0.2, -0.15) is 0 Å². The van der Waals surface area contributed by atoms with Gasteiger partial charge in [0.2, 0.25) is 0 Å². The molecule has 1 amide bonds. The van der Waals surface area contributed by atoms with Crippen LogP contribution in [-0.4, -0.2) is 28.8 Å². The number of nitrogens with one attached hydrogen (secondary N) is 1. The first-order chi connectivity index (χ1) is 9.21. The first-order valence-corrected chi connectivity index (χ1v) is 7.43. The maximum absolute atomic E-state index is 11.8. The van der Waals surface area contributed by atoms with Gasteiger partial charge in [-0.3, -0.25) is 0 Å². The summed E-state index contributed by atoms with van der Waals surface area (Å²) in [5.41, 5.74) is -0.232. The lowest BCUT2D eigenvalue weighted by molar-refractivity contribution is -0.141. The number of carbonyl (C=O) groups excluding carboxylic acids is 1. The third kappa shape index (κ3) is 3.87. The van der Waals surface area contributed by atoms with Gasteiger partial charge >= 0.3 is 12.1 Å². The molecule has 5 heteroatoms. The molecule has 0 aromatic rings. The lowest BCUT2D eigenvalue weighted by Gasteiger charge is -2.33. The maximum Gasteiger partial charge on any atom is 0.408 e. The van der Waals surface area contributed by atoms with E-state index in [1.807, 2.05) is 0 Å². The molecule has 1 spiro atoms. The zero-order valence-electron chi connectivity index (χ0n) is 12.6. The largest absolute Gasteiger partial charge is 0.480 e. The van der Waals surface area contributed by atoms with Gasteiger partial charge in [-0.15, -0.1) is 0 Å². The zero-order chi connectivity index (χ0) is 15.0. The molecule has 2 N–H and O–H groups in total. The van der Waals surface area contributed by atoms with Crippen LogP contribution in [0.5, 0.6) is 0 Å². The lowest BCUT2D eigenvalue weighted by atomic mass is 9.76. The first kappa shape index (κ1) is 15.1. The number of hydrogen-bond acceptors (Lipinski definition) is 3. The maximum atomic E-state index is 11.8. The second-order valence-electron chi connectivity index (χ2n) is 7.32. The van der Waals surface area contributed by atoms with E-state index in [4.69, 9.17) is 4.74 Å². The predicted octanol–water partition coefficient (Wildman–Crippen LogP) is 2.93. The van der Waals surface area contributed by atoms with Gasteiger partial charge in [0.1, 0.15) is 11.6 Å². The number of aliphatic carboxylic acids is 1. The molecule has 2 atom stereocenters. The van der Waals surface area contributed by atoms with Crippen LogP contribution in [0.15, 0.2) is 0 Å². The summed E-state index contributed by atoms with van der Waals surface area (Å²) in [4.78, 5) is 23.3. The van der Waals surface area contributed by atoms with Crippen molar-refractivity contribution in [2.24, 2.45) is 11.3 Å². The van der Waals surface area contributed by atoms with Crippen molar-refractivity contribution in [1.82, 2.24) is 5.32 Å². The van der Waals surface area contributed by atoms with Crippen LogP contribution in [0.25, 0.3) is 0 Å². The standard InChI is InChI=1S/C15H25NO4/c1-14(2,3)20-13(19)16-11(12(17)18)10-5-4-6-15(9-10)7-8-15/h10-11H,4-9H2,1-3H3,(H,16,19)(H,17,18)/t10?,11-/m0/s1. The Labute approximate surface area is 120 Å². The molecule has 0 aromatic carbocycles. The van der Waals surface area contributed by atoms with E-state index < -0.39 is 23.7 Å². The second-order valence-corrected chi connectivity index (χ2v) is 7.32. The highest BCUT2D eigenvalue weighted by Crippen LogP contribution is 2.58. The van der Waals surface area contributed by atoms with Crippen molar-refractivity contribution in [3.63, 3.8) is 0 Å². The fourth-order valence-electron chi connectivity index (χ4n) is 3.23. The van der Waals surface area contributed by atoms with Gasteiger partial charge in [0.15, 0.2) is 0 Å². The number of ether oxygens (including phenoxy) is 1. The van der Waals surface area contributed by atoms with Gasteiger partial charge < -0.3 is 15.2 Å². The Bertz CT molecular complexity index is 395. The minimum atomic E-state index is -0.960. The minimum absolute atomic E-state index is 0.0243. The van der Waals surface area contributed by atoms with Crippen molar-refractivity contribution >= 4 is 12.1 Å². The van der Waals surface area contributed by atoms with Gasteiger partial charge in [-0.05, 0) is 64.2 Å². The second kappa shape index (κ2) is 5.26. The fraction of sp³-hybridized carbons (Fsp3) is 0.867. The van der Waals surface area contributed by atoms with Crippen LogP contribution < -0.4 is 5.32 Å². The Morgan fingerprint density at radius 1 is 1.30 bits per heavy atom. The average Bonchev–Trinajstić information content (AvgIpc) is 3.02. The average molecular weight is 283 g/mol. The molecule has 0 aromatic heterocycles. The summed E-state index contributed by atoms with van der Waals surface area (Å²) in [5.74, 6) is -0.935. The van der Waals surface area contributed by atoms with Gasteiger partial charge in [-0.25, -0.2) is 9.59 Å². The van der Waals surface area contributed by atoms with E-state index in [0.29, 0.717) is 5.41 Å². The highest BCUT2D eigenvalue weighted by atomic mass is 16.6. The first-order valence-electron chi connectivity index (χ1n) is 7.43. The number of carboxylic acids is 1.